The molecule has 0 aliphatic rings. The summed E-state index contributed by atoms with van der Waals surface area (Å²) in [5.74, 6) is 1.52. The fourth-order valence-corrected chi connectivity index (χ4v) is 2.43. The zero-order chi connectivity index (χ0) is 19.9. The van der Waals surface area contributed by atoms with Gasteiger partial charge < -0.3 is 20.1 Å². The summed E-state index contributed by atoms with van der Waals surface area (Å²) >= 11 is 0. The quantitative estimate of drug-likeness (QED) is 0.639. The van der Waals surface area contributed by atoms with E-state index in [9.17, 15) is 4.79 Å². The van der Waals surface area contributed by atoms with Crippen molar-refractivity contribution < 1.29 is 14.3 Å². The van der Waals surface area contributed by atoms with Gasteiger partial charge in [-0.1, -0.05) is 12.1 Å². The third kappa shape index (κ3) is 4.97. The number of carbonyl (C=O) groups excluding carboxylic acids is 1. The molecule has 0 bridgehead atoms. The van der Waals surface area contributed by atoms with Crippen molar-refractivity contribution in [2.24, 2.45) is 0 Å². The van der Waals surface area contributed by atoms with Crippen LogP contribution in [-0.2, 0) is 0 Å². The van der Waals surface area contributed by atoms with E-state index < -0.39 is 0 Å². The van der Waals surface area contributed by atoms with E-state index >= 15 is 0 Å². The first-order valence-electron chi connectivity index (χ1n) is 8.85. The Hall–Kier alpha value is -3.61. The lowest BCUT2D eigenvalue weighted by atomic mass is 10.2. The summed E-state index contributed by atoms with van der Waals surface area (Å²) in [6, 6.07) is 14.6. The average Bonchev–Trinajstić information content (AvgIpc) is 2.70. The predicted octanol–water partition coefficient (Wildman–Crippen LogP) is 4.27. The van der Waals surface area contributed by atoms with Crippen molar-refractivity contribution >= 4 is 23.2 Å². The molecule has 28 heavy (non-hydrogen) atoms. The van der Waals surface area contributed by atoms with Crippen molar-refractivity contribution in [1.29, 1.82) is 0 Å². The molecule has 7 heteroatoms. The molecule has 3 rings (SSSR count). The highest BCUT2D eigenvalue weighted by Crippen LogP contribution is 2.27. The molecule has 2 aromatic carbocycles. The minimum Gasteiger partial charge on any atom is -0.497 e. The number of hydrogen-bond donors (Lipinski definition) is 2. The van der Waals surface area contributed by atoms with Crippen LogP contribution >= 0.6 is 0 Å². The maximum absolute atomic E-state index is 12.4. The number of carbonyl (C=O) groups is 1. The number of benzene rings is 2. The highest BCUT2D eigenvalue weighted by atomic mass is 16.5. The Kier molecular flexibility index (Phi) is 6.06. The van der Waals surface area contributed by atoms with Gasteiger partial charge in [-0.25, -0.2) is 9.97 Å². The van der Waals surface area contributed by atoms with Crippen LogP contribution in [0.2, 0.25) is 0 Å². The largest absolute Gasteiger partial charge is 0.497 e. The third-order valence-corrected chi connectivity index (χ3v) is 3.76. The van der Waals surface area contributed by atoms with Gasteiger partial charge in [0.05, 0.1) is 24.5 Å². The summed E-state index contributed by atoms with van der Waals surface area (Å²) in [6.45, 7) is 3.92. The Balaban J connectivity index is 1.67. The van der Waals surface area contributed by atoms with Gasteiger partial charge in [-0.3, -0.25) is 4.79 Å². The Morgan fingerprint density at radius 2 is 1.68 bits per heavy atom. The molecule has 0 radical (unpaired) electrons. The van der Waals surface area contributed by atoms with Crippen LogP contribution in [0.5, 0.6) is 11.5 Å². The predicted molar refractivity (Wildman–Crippen MR) is 108 cm³/mol. The van der Waals surface area contributed by atoms with Crippen LogP contribution in [0, 0.1) is 0 Å². The monoisotopic (exact) mass is 378 g/mol. The van der Waals surface area contributed by atoms with Gasteiger partial charge in [0.15, 0.2) is 0 Å². The van der Waals surface area contributed by atoms with Crippen LogP contribution in [-0.4, -0.2) is 29.1 Å². The number of anilines is 3. The fraction of sp³-hybridized carbons (Fsp3) is 0.190. The van der Waals surface area contributed by atoms with Gasteiger partial charge in [-0.2, -0.15) is 0 Å². The molecule has 1 amide bonds. The first-order chi connectivity index (χ1) is 13.5. The van der Waals surface area contributed by atoms with E-state index in [0.29, 0.717) is 22.9 Å². The molecule has 0 saturated carbocycles. The summed E-state index contributed by atoms with van der Waals surface area (Å²) in [6.07, 6.45) is 2.99. The first kappa shape index (κ1) is 19.2. The summed E-state index contributed by atoms with van der Waals surface area (Å²) in [5, 5.41) is 5.91. The molecule has 1 aromatic heterocycles. The lowest BCUT2D eigenvalue weighted by Crippen LogP contribution is -2.13. The number of nitrogens with zero attached hydrogens (tertiary/aromatic N) is 2. The number of nitrogens with one attached hydrogen (secondary N) is 2. The van der Waals surface area contributed by atoms with Crippen LogP contribution in [0.15, 0.2) is 60.9 Å². The molecular weight excluding hydrogens is 356 g/mol. The van der Waals surface area contributed by atoms with Crippen molar-refractivity contribution in [3.63, 3.8) is 0 Å². The summed E-state index contributed by atoms with van der Waals surface area (Å²) < 4.78 is 10.9. The van der Waals surface area contributed by atoms with Gasteiger partial charge in [0.2, 0.25) is 5.95 Å². The van der Waals surface area contributed by atoms with Crippen molar-refractivity contribution in [2.75, 3.05) is 17.7 Å². The number of hydrogen-bond acceptors (Lipinski definition) is 6. The smallest absolute Gasteiger partial charge is 0.258 e. The van der Waals surface area contributed by atoms with E-state index in [1.165, 1.54) is 12.4 Å². The van der Waals surface area contributed by atoms with Crippen LogP contribution in [0.3, 0.4) is 0 Å². The van der Waals surface area contributed by atoms with Gasteiger partial charge in [0, 0.05) is 18.1 Å². The number of para-hydroxylation sites is 2. The molecule has 0 aliphatic carbocycles. The molecular formula is C21H22N4O3. The molecule has 0 unspecified atom stereocenters. The summed E-state index contributed by atoms with van der Waals surface area (Å²) in [7, 11) is 1.59. The van der Waals surface area contributed by atoms with Crippen molar-refractivity contribution in [1.82, 2.24) is 9.97 Å². The highest BCUT2D eigenvalue weighted by molar-refractivity contribution is 6.03. The zero-order valence-corrected chi connectivity index (χ0v) is 16.0. The maximum atomic E-state index is 12.4. The van der Waals surface area contributed by atoms with Gasteiger partial charge in [-0.15, -0.1) is 0 Å². The van der Waals surface area contributed by atoms with Gasteiger partial charge in [-0.05, 0) is 50.2 Å². The number of methoxy groups -OCH3 is 1. The average molecular weight is 378 g/mol. The molecule has 0 aliphatic heterocycles. The molecule has 0 spiro atoms. The molecule has 0 saturated heterocycles. The second-order valence-corrected chi connectivity index (χ2v) is 6.27. The molecule has 0 fully saturated rings. The van der Waals surface area contributed by atoms with Crippen LogP contribution in [0.25, 0.3) is 0 Å². The second kappa shape index (κ2) is 8.85. The van der Waals surface area contributed by atoms with E-state index in [4.69, 9.17) is 9.47 Å². The normalized spacial score (nSPS) is 10.4. The summed E-state index contributed by atoms with van der Waals surface area (Å²) in [4.78, 5) is 20.8. The molecule has 144 valence electrons. The number of aromatic nitrogens is 2. The summed E-state index contributed by atoms with van der Waals surface area (Å²) in [5.41, 5.74) is 1.77. The Bertz CT molecular complexity index is 925. The molecule has 3 aromatic rings. The Morgan fingerprint density at radius 3 is 2.32 bits per heavy atom. The fourth-order valence-electron chi connectivity index (χ4n) is 2.43. The van der Waals surface area contributed by atoms with Gasteiger partial charge in [0.25, 0.3) is 5.91 Å². The lowest BCUT2D eigenvalue weighted by Gasteiger charge is -2.14. The minimum atomic E-state index is -0.291. The third-order valence-electron chi connectivity index (χ3n) is 3.76. The highest BCUT2D eigenvalue weighted by Gasteiger charge is 2.10. The Morgan fingerprint density at radius 1 is 1.00 bits per heavy atom. The van der Waals surface area contributed by atoms with E-state index in [-0.39, 0.29) is 12.0 Å². The van der Waals surface area contributed by atoms with E-state index in [0.717, 1.165) is 11.4 Å². The van der Waals surface area contributed by atoms with Gasteiger partial charge >= 0.3 is 0 Å². The topological polar surface area (TPSA) is 85.4 Å². The molecule has 7 nitrogen and oxygen atoms in total. The van der Waals surface area contributed by atoms with Crippen LogP contribution < -0.4 is 20.1 Å². The SMILES string of the molecule is COc1ccc(NC(=O)c2cnc(Nc3ccccc3OC(C)C)nc2)cc1. The number of rotatable bonds is 7. The van der Waals surface area contributed by atoms with Crippen LogP contribution in [0.4, 0.5) is 17.3 Å². The minimum absolute atomic E-state index is 0.0490. The molecule has 2 N–H and O–H groups in total. The number of amides is 1. The molecule has 0 atom stereocenters. The zero-order valence-electron chi connectivity index (χ0n) is 16.0. The first-order valence-corrected chi connectivity index (χ1v) is 8.85. The Labute approximate surface area is 163 Å². The van der Waals surface area contributed by atoms with E-state index in [1.807, 2.05) is 38.1 Å². The van der Waals surface area contributed by atoms with Crippen LogP contribution in [0.1, 0.15) is 24.2 Å². The lowest BCUT2D eigenvalue weighted by molar-refractivity contribution is 0.102. The molecule has 1 heterocycles. The second-order valence-electron chi connectivity index (χ2n) is 6.27. The van der Waals surface area contributed by atoms with Crippen molar-refractivity contribution in [3.8, 4) is 11.5 Å². The van der Waals surface area contributed by atoms with E-state index in [2.05, 4.69) is 20.6 Å². The maximum Gasteiger partial charge on any atom is 0.258 e. The number of ether oxygens (including phenoxy) is 2. The van der Waals surface area contributed by atoms with Gasteiger partial charge in [0.1, 0.15) is 11.5 Å². The van der Waals surface area contributed by atoms with Crippen molar-refractivity contribution in [3.05, 3.63) is 66.5 Å². The van der Waals surface area contributed by atoms with E-state index in [1.54, 1.807) is 31.4 Å². The van der Waals surface area contributed by atoms with Crippen molar-refractivity contribution in [2.45, 2.75) is 20.0 Å². The standard InChI is InChI=1S/C21H22N4O3/c1-14(2)28-19-7-5-4-6-18(19)25-21-22-12-15(13-23-21)20(26)24-16-8-10-17(27-3)11-9-16/h4-14H,1-3H3,(H,24,26)(H,22,23,25).